The maximum Gasteiger partial charge on any atom is 0.0569 e. The van der Waals surface area contributed by atoms with Gasteiger partial charge in [-0.3, -0.25) is 4.98 Å². The third kappa shape index (κ3) is 2.12. The third-order valence-electron chi connectivity index (χ3n) is 3.27. The molecule has 3 heteroatoms. The van der Waals surface area contributed by atoms with E-state index in [1.54, 1.807) is 0 Å². The van der Waals surface area contributed by atoms with E-state index >= 15 is 0 Å². The van der Waals surface area contributed by atoms with Crippen molar-refractivity contribution in [3.8, 4) is 0 Å². The lowest BCUT2D eigenvalue weighted by atomic mass is 9.91. The Bertz CT molecular complexity index is 314. The fourth-order valence-electron chi connectivity index (χ4n) is 1.86. The fourth-order valence-corrected chi connectivity index (χ4v) is 1.86. The van der Waals surface area contributed by atoms with Crippen molar-refractivity contribution in [2.45, 2.75) is 38.3 Å². The predicted molar refractivity (Wildman–Crippen MR) is 62.9 cm³/mol. The van der Waals surface area contributed by atoms with E-state index < -0.39 is 0 Å². The molecule has 1 saturated carbocycles. The Hall–Kier alpha value is -1.09. The number of rotatable bonds is 3. The topological polar surface area (TPSA) is 42.1 Å². The minimum atomic E-state index is 0.0214. The standard InChI is InChI=1S/C12H19N3/c1-9(13)12-7-6-11(8-14-12)15(2)10-4-3-5-10/h6-10H,3-5,13H2,1-2H3/t9-/m0/s1. The van der Waals surface area contributed by atoms with E-state index in [2.05, 4.69) is 23.0 Å². The monoisotopic (exact) mass is 205 g/mol. The number of anilines is 1. The van der Waals surface area contributed by atoms with Gasteiger partial charge in [-0.2, -0.15) is 0 Å². The van der Waals surface area contributed by atoms with E-state index in [4.69, 9.17) is 5.73 Å². The molecule has 1 aliphatic carbocycles. The zero-order valence-electron chi connectivity index (χ0n) is 9.48. The zero-order chi connectivity index (χ0) is 10.8. The number of pyridine rings is 1. The van der Waals surface area contributed by atoms with E-state index in [1.165, 1.54) is 24.9 Å². The van der Waals surface area contributed by atoms with Gasteiger partial charge in [0.1, 0.15) is 0 Å². The van der Waals surface area contributed by atoms with Gasteiger partial charge in [-0.05, 0) is 38.3 Å². The van der Waals surface area contributed by atoms with Crippen molar-refractivity contribution in [2.24, 2.45) is 5.73 Å². The van der Waals surface area contributed by atoms with Crippen molar-refractivity contribution in [1.29, 1.82) is 0 Å². The summed E-state index contributed by atoms with van der Waals surface area (Å²) in [6, 6.07) is 4.88. The first-order chi connectivity index (χ1) is 7.18. The van der Waals surface area contributed by atoms with Crippen molar-refractivity contribution >= 4 is 5.69 Å². The molecule has 1 aromatic heterocycles. The van der Waals surface area contributed by atoms with Crippen molar-refractivity contribution < 1.29 is 0 Å². The van der Waals surface area contributed by atoms with Gasteiger partial charge >= 0.3 is 0 Å². The predicted octanol–water partition coefficient (Wildman–Crippen LogP) is 2.09. The van der Waals surface area contributed by atoms with E-state index in [0.29, 0.717) is 6.04 Å². The maximum absolute atomic E-state index is 5.76. The molecule has 0 aromatic carbocycles. The van der Waals surface area contributed by atoms with Crippen LogP contribution in [0.25, 0.3) is 0 Å². The molecule has 0 radical (unpaired) electrons. The Morgan fingerprint density at radius 3 is 2.60 bits per heavy atom. The number of hydrogen-bond donors (Lipinski definition) is 1. The van der Waals surface area contributed by atoms with E-state index in [-0.39, 0.29) is 6.04 Å². The minimum absolute atomic E-state index is 0.0214. The van der Waals surface area contributed by atoms with Crippen molar-refractivity contribution in [1.82, 2.24) is 4.98 Å². The lowest BCUT2D eigenvalue weighted by Crippen LogP contribution is -2.37. The van der Waals surface area contributed by atoms with Crippen molar-refractivity contribution in [3.05, 3.63) is 24.0 Å². The largest absolute Gasteiger partial charge is 0.370 e. The van der Waals surface area contributed by atoms with E-state index in [0.717, 1.165) is 5.69 Å². The molecule has 0 unspecified atom stereocenters. The number of hydrogen-bond acceptors (Lipinski definition) is 3. The average molecular weight is 205 g/mol. The molecule has 3 nitrogen and oxygen atoms in total. The number of aromatic nitrogens is 1. The van der Waals surface area contributed by atoms with Crippen LogP contribution in [0.4, 0.5) is 5.69 Å². The highest BCUT2D eigenvalue weighted by atomic mass is 15.1. The molecule has 1 heterocycles. The van der Waals surface area contributed by atoms with Gasteiger partial charge in [0.15, 0.2) is 0 Å². The molecule has 2 rings (SSSR count). The summed E-state index contributed by atoms with van der Waals surface area (Å²) in [7, 11) is 2.15. The normalized spacial score (nSPS) is 18.3. The van der Waals surface area contributed by atoms with Crippen LogP contribution < -0.4 is 10.6 Å². The maximum atomic E-state index is 5.76. The summed E-state index contributed by atoms with van der Waals surface area (Å²) in [6.07, 6.45) is 5.91. The molecular weight excluding hydrogens is 186 g/mol. The summed E-state index contributed by atoms with van der Waals surface area (Å²) >= 11 is 0. The summed E-state index contributed by atoms with van der Waals surface area (Å²) in [5.74, 6) is 0. The second kappa shape index (κ2) is 4.19. The highest BCUT2D eigenvalue weighted by molar-refractivity contribution is 5.45. The van der Waals surface area contributed by atoms with Crippen LogP contribution in [-0.4, -0.2) is 18.1 Å². The first-order valence-corrected chi connectivity index (χ1v) is 5.63. The molecule has 0 amide bonds. The average Bonchev–Trinajstić information content (AvgIpc) is 2.15. The Kier molecular flexibility index (Phi) is 2.91. The van der Waals surface area contributed by atoms with Crippen molar-refractivity contribution in [2.75, 3.05) is 11.9 Å². The van der Waals surface area contributed by atoms with Gasteiger partial charge in [0.2, 0.25) is 0 Å². The highest BCUT2D eigenvalue weighted by Crippen LogP contribution is 2.27. The van der Waals surface area contributed by atoms with Gasteiger partial charge < -0.3 is 10.6 Å². The van der Waals surface area contributed by atoms with Gasteiger partial charge in [-0.1, -0.05) is 0 Å². The fraction of sp³-hybridized carbons (Fsp3) is 0.583. The number of nitrogens with two attached hydrogens (primary N) is 1. The summed E-state index contributed by atoms with van der Waals surface area (Å²) in [4.78, 5) is 6.69. The Labute approximate surface area is 91.3 Å². The second-order valence-electron chi connectivity index (χ2n) is 4.43. The Balaban J connectivity index is 2.08. The Morgan fingerprint density at radius 2 is 2.20 bits per heavy atom. The van der Waals surface area contributed by atoms with E-state index in [9.17, 15) is 0 Å². The lowest BCUT2D eigenvalue weighted by Gasteiger charge is -2.36. The smallest absolute Gasteiger partial charge is 0.0569 e. The summed E-state index contributed by atoms with van der Waals surface area (Å²) in [5.41, 5.74) is 7.92. The molecular formula is C12H19N3. The summed E-state index contributed by atoms with van der Waals surface area (Å²) < 4.78 is 0. The molecule has 1 fully saturated rings. The third-order valence-corrected chi connectivity index (χ3v) is 3.27. The van der Waals surface area contributed by atoms with Crippen LogP contribution in [0.15, 0.2) is 18.3 Å². The van der Waals surface area contributed by atoms with Crippen LogP contribution in [-0.2, 0) is 0 Å². The Morgan fingerprint density at radius 1 is 1.47 bits per heavy atom. The van der Waals surface area contributed by atoms with Gasteiger partial charge in [0, 0.05) is 19.1 Å². The van der Waals surface area contributed by atoms with E-state index in [1.807, 2.05) is 19.2 Å². The van der Waals surface area contributed by atoms with Crippen LogP contribution >= 0.6 is 0 Å². The molecule has 0 saturated heterocycles. The molecule has 0 spiro atoms. The molecule has 15 heavy (non-hydrogen) atoms. The summed E-state index contributed by atoms with van der Waals surface area (Å²) in [6.45, 7) is 1.96. The quantitative estimate of drug-likeness (QED) is 0.821. The van der Waals surface area contributed by atoms with Crippen LogP contribution in [0.1, 0.15) is 37.9 Å². The van der Waals surface area contributed by atoms with Gasteiger partial charge in [-0.15, -0.1) is 0 Å². The first kappa shape index (κ1) is 10.4. The van der Waals surface area contributed by atoms with Crippen LogP contribution in [0, 0.1) is 0 Å². The van der Waals surface area contributed by atoms with Crippen LogP contribution in [0.3, 0.4) is 0 Å². The van der Waals surface area contributed by atoms with Gasteiger partial charge in [0.05, 0.1) is 17.6 Å². The van der Waals surface area contributed by atoms with Gasteiger partial charge in [0.25, 0.3) is 0 Å². The molecule has 82 valence electrons. The molecule has 0 aliphatic heterocycles. The zero-order valence-corrected chi connectivity index (χ0v) is 9.48. The molecule has 0 bridgehead atoms. The first-order valence-electron chi connectivity index (χ1n) is 5.63. The number of nitrogens with zero attached hydrogens (tertiary/aromatic N) is 2. The molecule has 1 aliphatic rings. The molecule has 1 aromatic rings. The van der Waals surface area contributed by atoms with Gasteiger partial charge in [-0.25, -0.2) is 0 Å². The lowest BCUT2D eigenvalue weighted by molar-refractivity contribution is 0.401. The van der Waals surface area contributed by atoms with Crippen LogP contribution in [0.5, 0.6) is 0 Å². The highest BCUT2D eigenvalue weighted by Gasteiger charge is 2.22. The summed E-state index contributed by atoms with van der Waals surface area (Å²) in [5, 5.41) is 0. The molecule has 2 N–H and O–H groups in total. The second-order valence-corrected chi connectivity index (χ2v) is 4.43. The van der Waals surface area contributed by atoms with Crippen molar-refractivity contribution in [3.63, 3.8) is 0 Å². The SMILES string of the molecule is C[C@H](N)c1ccc(N(C)C2CCC2)cn1. The molecule has 1 atom stereocenters. The van der Waals surface area contributed by atoms with Crippen LogP contribution in [0.2, 0.25) is 0 Å². The minimum Gasteiger partial charge on any atom is -0.370 e.